The number of benzene rings is 2. The molecule has 3 rings (SSSR count). The minimum atomic E-state index is -0.980. The lowest BCUT2D eigenvalue weighted by atomic mass is 9.97. The van der Waals surface area contributed by atoms with Crippen LogP contribution in [0.4, 0.5) is 0 Å². The summed E-state index contributed by atoms with van der Waals surface area (Å²) in [5, 5.41) is 1.33. The molecule has 0 radical (unpaired) electrons. The molecule has 2 aromatic rings. The van der Waals surface area contributed by atoms with Crippen molar-refractivity contribution in [2.24, 2.45) is 0 Å². The number of hydrogen-bond acceptors (Lipinski definition) is 2. The van der Waals surface area contributed by atoms with Crippen molar-refractivity contribution in [1.82, 2.24) is 0 Å². The molecule has 1 fully saturated rings. The predicted molar refractivity (Wildman–Crippen MR) is 79.9 cm³/mol. The summed E-state index contributed by atoms with van der Waals surface area (Å²) in [5.74, 6) is -0.387. The Kier molecular flexibility index (Phi) is 3.47. The van der Waals surface area contributed by atoms with Gasteiger partial charge in [-0.3, -0.25) is 0 Å². The van der Waals surface area contributed by atoms with Crippen molar-refractivity contribution in [3.8, 4) is 0 Å². The Morgan fingerprint density at radius 2 is 1.30 bits per heavy atom. The summed E-state index contributed by atoms with van der Waals surface area (Å²) in [6, 6.07) is 14.8. The normalized spacial score (nSPS) is 17.0. The maximum Gasteiger partial charge on any atom is 0.264 e. The van der Waals surface area contributed by atoms with Crippen molar-refractivity contribution < 1.29 is 9.47 Å². The topological polar surface area (TPSA) is 18.5 Å². The van der Waals surface area contributed by atoms with Crippen LogP contribution in [0.5, 0.6) is 0 Å². The fraction of sp³-hybridized carbons (Fsp3) is 0.125. The summed E-state index contributed by atoms with van der Waals surface area (Å²) in [5.41, 5.74) is 1.73. The highest BCUT2D eigenvalue weighted by molar-refractivity contribution is 6.30. The van der Waals surface area contributed by atoms with Gasteiger partial charge in [0.15, 0.2) is 0 Å². The lowest BCUT2D eigenvalue weighted by Crippen LogP contribution is -2.28. The Morgan fingerprint density at radius 1 is 0.850 bits per heavy atom. The summed E-state index contributed by atoms with van der Waals surface area (Å²) < 4.78 is 11.8. The van der Waals surface area contributed by atoms with Crippen molar-refractivity contribution in [3.63, 3.8) is 0 Å². The lowest BCUT2D eigenvalue weighted by Gasteiger charge is -2.28. The van der Waals surface area contributed by atoms with Crippen molar-refractivity contribution >= 4 is 23.2 Å². The zero-order valence-electron chi connectivity index (χ0n) is 10.6. The molecule has 2 nitrogen and oxygen atoms in total. The highest BCUT2D eigenvalue weighted by Gasteiger charge is 2.43. The van der Waals surface area contributed by atoms with E-state index in [1.54, 1.807) is 0 Å². The molecule has 1 heterocycles. The van der Waals surface area contributed by atoms with E-state index < -0.39 is 5.79 Å². The molecule has 4 heteroatoms. The minimum absolute atomic E-state index is 0.352. The smallest absolute Gasteiger partial charge is 0.264 e. The fourth-order valence-electron chi connectivity index (χ4n) is 2.23. The van der Waals surface area contributed by atoms with E-state index in [9.17, 15) is 0 Å². The van der Waals surface area contributed by atoms with Crippen LogP contribution in [0.2, 0.25) is 10.0 Å². The average molecular weight is 307 g/mol. The first kappa shape index (κ1) is 13.5. The van der Waals surface area contributed by atoms with E-state index in [4.69, 9.17) is 32.7 Å². The molecule has 0 spiro atoms. The maximum atomic E-state index is 5.94. The van der Waals surface area contributed by atoms with E-state index in [2.05, 4.69) is 6.58 Å². The van der Waals surface area contributed by atoms with Crippen LogP contribution in [0.15, 0.2) is 60.9 Å². The summed E-state index contributed by atoms with van der Waals surface area (Å²) in [7, 11) is 0. The van der Waals surface area contributed by atoms with Gasteiger partial charge in [-0.2, -0.15) is 0 Å². The molecule has 2 aromatic carbocycles. The Balaban J connectivity index is 2.12. The molecule has 20 heavy (non-hydrogen) atoms. The van der Waals surface area contributed by atoms with Crippen molar-refractivity contribution in [2.75, 3.05) is 6.61 Å². The first-order valence-electron chi connectivity index (χ1n) is 6.13. The van der Waals surface area contributed by atoms with Gasteiger partial charge in [0.2, 0.25) is 0 Å². The van der Waals surface area contributed by atoms with E-state index >= 15 is 0 Å². The van der Waals surface area contributed by atoms with E-state index in [-0.39, 0.29) is 0 Å². The average Bonchev–Trinajstić information content (AvgIpc) is 2.84. The molecule has 102 valence electrons. The van der Waals surface area contributed by atoms with Crippen LogP contribution in [0.1, 0.15) is 11.1 Å². The van der Waals surface area contributed by atoms with E-state index in [1.165, 1.54) is 0 Å². The first-order chi connectivity index (χ1) is 9.60. The summed E-state index contributed by atoms with van der Waals surface area (Å²) in [6.07, 6.45) is 0. The lowest BCUT2D eigenvalue weighted by molar-refractivity contribution is -0.120. The van der Waals surface area contributed by atoms with Gasteiger partial charge < -0.3 is 9.47 Å². The number of ether oxygens (including phenoxy) is 2. The second-order valence-corrected chi connectivity index (χ2v) is 5.43. The van der Waals surface area contributed by atoms with Crippen LogP contribution in [-0.2, 0) is 15.3 Å². The third kappa shape index (κ3) is 2.31. The Morgan fingerprint density at radius 3 is 1.65 bits per heavy atom. The Bertz CT molecular complexity index is 587. The molecule has 0 saturated carbocycles. The molecule has 0 aromatic heterocycles. The third-order valence-corrected chi connectivity index (χ3v) is 3.68. The van der Waals surface area contributed by atoms with Gasteiger partial charge in [-0.25, -0.2) is 0 Å². The van der Waals surface area contributed by atoms with Crippen molar-refractivity contribution in [3.05, 3.63) is 82.0 Å². The van der Waals surface area contributed by atoms with E-state index in [0.717, 1.165) is 11.1 Å². The summed E-state index contributed by atoms with van der Waals surface area (Å²) in [6.45, 7) is 4.19. The summed E-state index contributed by atoms with van der Waals surface area (Å²) in [4.78, 5) is 0. The number of halogens is 2. The Labute approximate surface area is 127 Å². The highest BCUT2D eigenvalue weighted by Crippen LogP contribution is 2.41. The van der Waals surface area contributed by atoms with Gasteiger partial charge in [0, 0.05) is 21.2 Å². The molecule has 0 atom stereocenters. The molecule has 0 unspecified atom stereocenters. The fourth-order valence-corrected chi connectivity index (χ4v) is 2.49. The van der Waals surface area contributed by atoms with Crippen molar-refractivity contribution in [2.45, 2.75) is 5.79 Å². The molecular formula is C16H12Cl2O2. The van der Waals surface area contributed by atoms with Crippen LogP contribution < -0.4 is 0 Å². The molecule has 0 N–H and O–H groups in total. The molecule has 1 aliphatic heterocycles. The molecule has 1 saturated heterocycles. The monoisotopic (exact) mass is 306 g/mol. The van der Waals surface area contributed by atoms with Gasteiger partial charge in [0.25, 0.3) is 5.79 Å². The zero-order valence-corrected chi connectivity index (χ0v) is 12.1. The molecule has 0 amide bonds. The SMILES string of the molecule is C=C1COC(c2ccc(Cl)cc2)(c2ccc(Cl)cc2)O1. The van der Waals surface area contributed by atoms with Crippen LogP contribution >= 0.6 is 23.2 Å². The van der Waals surface area contributed by atoms with Gasteiger partial charge in [0.1, 0.15) is 12.4 Å². The maximum absolute atomic E-state index is 5.94. The number of hydrogen-bond donors (Lipinski definition) is 0. The molecule has 1 aliphatic rings. The van der Waals surface area contributed by atoms with Crippen LogP contribution in [0, 0.1) is 0 Å². The van der Waals surface area contributed by atoms with Gasteiger partial charge in [0.05, 0.1) is 0 Å². The van der Waals surface area contributed by atoms with Crippen LogP contribution in [-0.4, -0.2) is 6.61 Å². The van der Waals surface area contributed by atoms with Crippen LogP contribution in [0.25, 0.3) is 0 Å². The van der Waals surface area contributed by atoms with Crippen molar-refractivity contribution in [1.29, 1.82) is 0 Å². The molecule has 0 aliphatic carbocycles. The zero-order chi connectivity index (χ0) is 14.2. The third-order valence-electron chi connectivity index (χ3n) is 3.17. The standard InChI is InChI=1S/C16H12Cl2O2/c1-11-10-19-16(20-11,12-2-6-14(17)7-3-12)13-4-8-15(18)9-5-13/h2-9H,1,10H2. The first-order valence-corrected chi connectivity index (χ1v) is 6.88. The largest absolute Gasteiger partial charge is 0.456 e. The highest BCUT2D eigenvalue weighted by atomic mass is 35.5. The summed E-state index contributed by atoms with van der Waals surface area (Å²) >= 11 is 11.9. The molecule has 0 bridgehead atoms. The van der Waals surface area contributed by atoms with Gasteiger partial charge in [-0.1, -0.05) is 54.0 Å². The van der Waals surface area contributed by atoms with Gasteiger partial charge in [-0.05, 0) is 24.3 Å². The number of rotatable bonds is 2. The minimum Gasteiger partial charge on any atom is -0.456 e. The van der Waals surface area contributed by atoms with E-state index in [1.807, 2.05) is 48.5 Å². The second kappa shape index (κ2) is 5.13. The van der Waals surface area contributed by atoms with Gasteiger partial charge >= 0.3 is 0 Å². The quantitative estimate of drug-likeness (QED) is 0.796. The Hall–Kier alpha value is -1.48. The van der Waals surface area contributed by atoms with Crippen LogP contribution in [0.3, 0.4) is 0 Å². The van der Waals surface area contributed by atoms with E-state index in [0.29, 0.717) is 22.4 Å². The second-order valence-electron chi connectivity index (χ2n) is 4.56. The van der Waals surface area contributed by atoms with Gasteiger partial charge in [-0.15, -0.1) is 0 Å². The molecular weight excluding hydrogens is 295 g/mol. The predicted octanol–water partition coefficient (Wildman–Crippen LogP) is 4.76.